The maximum Gasteiger partial charge on any atom is 0.516 e. The van der Waals surface area contributed by atoms with Crippen LogP contribution in [0.25, 0.3) is 0 Å². The van der Waals surface area contributed by atoms with Gasteiger partial charge in [0, 0.05) is 0 Å². The fourth-order valence-corrected chi connectivity index (χ4v) is 1.34. The lowest BCUT2D eigenvalue weighted by molar-refractivity contribution is -0.143. The summed E-state index contributed by atoms with van der Waals surface area (Å²) < 4.78 is 14.4. The summed E-state index contributed by atoms with van der Waals surface area (Å²) in [6.07, 6.45) is -1.82. The van der Waals surface area contributed by atoms with E-state index >= 15 is 0 Å². The first-order valence-electron chi connectivity index (χ1n) is 7.30. The molecule has 0 radical (unpaired) electrons. The highest BCUT2D eigenvalue weighted by Crippen LogP contribution is 2.10. The van der Waals surface area contributed by atoms with E-state index < -0.39 is 29.9 Å². The maximum atomic E-state index is 11.9. The molecule has 0 fully saturated rings. The lowest BCUT2D eigenvalue weighted by atomic mass is 10.1. The Morgan fingerprint density at radius 3 is 2.00 bits per heavy atom. The zero-order valence-electron chi connectivity index (χ0n) is 14.4. The smallest absolute Gasteiger partial charge is 0.444 e. The highest BCUT2D eigenvalue weighted by molar-refractivity contribution is 5.88. The predicted octanol–water partition coefficient (Wildman–Crippen LogP) is 2.87. The van der Waals surface area contributed by atoms with Gasteiger partial charge in [0.25, 0.3) is 0 Å². The Morgan fingerprint density at radius 1 is 1.05 bits per heavy atom. The Hall–Kier alpha value is -1.79. The zero-order valence-corrected chi connectivity index (χ0v) is 14.4. The van der Waals surface area contributed by atoms with Crippen LogP contribution < -0.4 is 5.32 Å². The second-order valence-electron chi connectivity index (χ2n) is 6.74. The minimum atomic E-state index is -1.07. The Balaban J connectivity index is 4.58. The molecule has 1 amide bonds. The summed E-state index contributed by atoms with van der Waals surface area (Å²) in [5, 5.41) is 2.40. The molecule has 7 nitrogen and oxygen atoms in total. The van der Waals surface area contributed by atoms with Crippen LogP contribution in [0.3, 0.4) is 0 Å². The van der Waals surface area contributed by atoms with Crippen molar-refractivity contribution in [3.63, 3.8) is 0 Å². The van der Waals surface area contributed by atoms with Gasteiger partial charge in [-0.25, -0.2) is 14.4 Å². The van der Waals surface area contributed by atoms with Crippen molar-refractivity contribution < 1.29 is 28.6 Å². The second-order valence-corrected chi connectivity index (χ2v) is 6.74. The Kier molecular flexibility index (Phi) is 7.90. The average Bonchev–Trinajstić information content (AvgIpc) is 2.30. The summed E-state index contributed by atoms with van der Waals surface area (Å²) in [7, 11) is 0. The molecule has 22 heavy (non-hydrogen) atoms. The molecule has 1 N–H and O–H groups in total. The van der Waals surface area contributed by atoms with Gasteiger partial charge in [0.2, 0.25) is 0 Å². The van der Waals surface area contributed by atoms with Gasteiger partial charge in [-0.2, -0.15) is 0 Å². The molecule has 7 heteroatoms. The number of nitrogens with one attached hydrogen (secondary N) is 1. The van der Waals surface area contributed by atoms with Crippen molar-refractivity contribution in [3.05, 3.63) is 0 Å². The number of esters is 1. The molecule has 0 rings (SSSR count). The number of ether oxygens (including phenoxy) is 3. The second kappa shape index (κ2) is 8.60. The van der Waals surface area contributed by atoms with Crippen LogP contribution in [0.2, 0.25) is 0 Å². The van der Waals surface area contributed by atoms with Gasteiger partial charge in [0.15, 0.2) is 0 Å². The average molecular weight is 317 g/mol. The van der Waals surface area contributed by atoms with Crippen LogP contribution in [0.15, 0.2) is 0 Å². The maximum absolute atomic E-state index is 11.9. The normalized spacial score (nSPS) is 12.8. The van der Waals surface area contributed by atoms with Crippen molar-refractivity contribution in [2.45, 2.75) is 60.1 Å². The first-order valence-corrected chi connectivity index (χ1v) is 7.30. The van der Waals surface area contributed by atoms with Gasteiger partial charge < -0.3 is 19.5 Å². The largest absolute Gasteiger partial charge is 0.516 e. The van der Waals surface area contributed by atoms with E-state index in [1.54, 1.807) is 34.6 Å². The molecule has 0 heterocycles. The quantitative estimate of drug-likeness (QED) is 0.619. The molecule has 0 aliphatic rings. The first-order chi connectivity index (χ1) is 9.92. The molecular weight excluding hydrogens is 290 g/mol. The number of alkyl carbamates (subject to hydrolysis) is 1. The minimum absolute atomic E-state index is 0.128. The zero-order chi connectivity index (χ0) is 17.5. The molecule has 0 aliphatic heterocycles. The number of rotatable bonds is 5. The van der Waals surface area contributed by atoms with Gasteiger partial charge in [-0.05, 0) is 32.6 Å². The van der Waals surface area contributed by atoms with Gasteiger partial charge in [-0.1, -0.05) is 27.7 Å². The summed E-state index contributed by atoms with van der Waals surface area (Å²) in [5.74, 6) is -1.03. The van der Waals surface area contributed by atoms with E-state index in [-0.39, 0.29) is 18.4 Å². The number of hydrogen-bond donors (Lipinski definition) is 1. The van der Waals surface area contributed by atoms with Gasteiger partial charge in [-0.15, -0.1) is 0 Å². The van der Waals surface area contributed by atoms with Gasteiger partial charge >= 0.3 is 18.2 Å². The molecular formula is C15H27NO6. The fraction of sp³-hybridized carbons (Fsp3) is 0.800. The summed E-state index contributed by atoms with van der Waals surface area (Å²) >= 11 is 0. The number of carbonyl (C=O) groups excluding carboxylic acids is 3. The molecule has 0 saturated heterocycles. The molecule has 0 aliphatic carbocycles. The monoisotopic (exact) mass is 317 g/mol. The standard InChI is InChI=1S/C15H27NO6/c1-9(2)8-20-14(19)21-12(17)11(10(3)4)16-13(18)22-15(5,6)7/h9-11H,8H2,1-7H3,(H,16,18)/t11-/m0/s1. The van der Waals surface area contributed by atoms with Gasteiger partial charge in [0.1, 0.15) is 11.6 Å². The number of carbonyl (C=O) groups is 3. The molecule has 128 valence electrons. The Labute approximate surface area is 131 Å². The third kappa shape index (κ3) is 9.20. The Morgan fingerprint density at radius 2 is 1.59 bits per heavy atom. The third-order valence-electron chi connectivity index (χ3n) is 2.31. The van der Waals surface area contributed by atoms with Crippen LogP contribution in [-0.2, 0) is 19.0 Å². The van der Waals surface area contributed by atoms with E-state index in [1.807, 2.05) is 13.8 Å². The lowest BCUT2D eigenvalue weighted by Crippen LogP contribution is -2.47. The molecule has 0 saturated carbocycles. The van der Waals surface area contributed by atoms with E-state index in [1.165, 1.54) is 0 Å². The topological polar surface area (TPSA) is 90.9 Å². The summed E-state index contributed by atoms with van der Waals surface area (Å²) in [4.78, 5) is 35.1. The van der Waals surface area contributed by atoms with Gasteiger partial charge in [-0.3, -0.25) is 0 Å². The number of hydrogen-bond acceptors (Lipinski definition) is 6. The SMILES string of the molecule is CC(C)COC(=O)OC(=O)[C@@H](NC(=O)OC(C)(C)C)C(C)C. The summed E-state index contributed by atoms with van der Waals surface area (Å²) in [6.45, 7) is 12.4. The van der Waals surface area contributed by atoms with E-state index in [0.29, 0.717) is 0 Å². The molecule has 1 atom stereocenters. The van der Waals surface area contributed by atoms with Crippen molar-refractivity contribution >= 4 is 18.2 Å². The van der Waals surface area contributed by atoms with E-state index in [2.05, 4.69) is 10.1 Å². The van der Waals surface area contributed by atoms with Crippen LogP contribution >= 0.6 is 0 Å². The lowest BCUT2D eigenvalue weighted by Gasteiger charge is -2.24. The van der Waals surface area contributed by atoms with Crippen molar-refractivity contribution in [1.82, 2.24) is 5.32 Å². The van der Waals surface area contributed by atoms with Crippen molar-refractivity contribution in [2.75, 3.05) is 6.61 Å². The molecule has 0 aromatic rings. The summed E-state index contributed by atoms with van der Waals surface area (Å²) in [6, 6.07) is -0.999. The third-order valence-corrected chi connectivity index (χ3v) is 2.31. The molecule has 0 spiro atoms. The van der Waals surface area contributed by atoms with E-state index in [9.17, 15) is 14.4 Å². The number of amides is 1. The van der Waals surface area contributed by atoms with E-state index in [0.717, 1.165) is 0 Å². The van der Waals surface area contributed by atoms with Gasteiger partial charge in [0.05, 0.1) is 6.61 Å². The summed E-state index contributed by atoms with van der Waals surface area (Å²) in [5.41, 5.74) is -0.689. The van der Waals surface area contributed by atoms with E-state index in [4.69, 9.17) is 9.47 Å². The van der Waals surface area contributed by atoms with Crippen LogP contribution in [0.1, 0.15) is 48.5 Å². The molecule has 0 unspecified atom stereocenters. The van der Waals surface area contributed by atoms with Crippen LogP contribution in [-0.4, -0.2) is 36.5 Å². The van der Waals surface area contributed by atoms with Crippen LogP contribution in [0, 0.1) is 11.8 Å². The first kappa shape index (κ1) is 20.2. The highest BCUT2D eigenvalue weighted by Gasteiger charge is 2.30. The molecule has 0 aromatic carbocycles. The Bertz CT molecular complexity index is 397. The minimum Gasteiger partial charge on any atom is -0.444 e. The molecule has 0 bridgehead atoms. The fourth-order valence-electron chi connectivity index (χ4n) is 1.34. The van der Waals surface area contributed by atoms with Crippen molar-refractivity contribution in [3.8, 4) is 0 Å². The van der Waals surface area contributed by atoms with Crippen LogP contribution in [0.5, 0.6) is 0 Å². The molecule has 0 aromatic heterocycles. The van der Waals surface area contributed by atoms with Crippen molar-refractivity contribution in [2.24, 2.45) is 11.8 Å². The predicted molar refractivity (Wildman–Crippen MR) is 80.3 cm³/mol. The van der Waals surface area contributed by atoms with Crippen LogP contribution in [0.4, 0.5) is 9.59 Å². The van der Waals surface area contributed by atoms with Crippen molar-refractivity contribution in [1.29, 1.82) is 0 Å². The highest BCUT2D eigenvalue weighted by atomic mass is 16.7.